The van der Waals surface area contributed by atoms with Crippen LogP contribution in [0.15, 0.2) is 0 Å². The predicted molar refractivity (Wildman–Crippen MR) is 57.2 cm³/mol. The molecule has 0 aromatic carbocycles. The molecule has 2 atom stereocenters. The Kier molecular flexibility index (Phi) is 9.35. The average molecular weight is 204 g/mol. The third-order valence-electron chi connectivity index (χ3n) is 2.42. The summed E-state index contributed by atoms with van der Waals surface area (Å²) in [6.07, 6.45) is 4.05. The highest BCUT2D eigenvalue weighted by atomic mass is 16.5. The van der Waals surface area contributed by atoms with Crippen molar-refractivity contribution in [2.45, 2.75) is 45.6 Å². The van der Waals surface area contributed by atoms with Crippen LogP contribution >= 0.6 is 0 Å². The van der Waals surface area contributed by atoms with Gasteiger partial charge in [-0.3, -0.25) is 0 Å². The second-order valence-corrected chi connectivity index (χ2v) is 3.79. The molecule has 0 bridgehead atoms. The van der Waals surface area contributed by atoms with Gasteiger partial charge in [-0.1, -0.05) is 33.1 Å². The van der Waals surface area contributed by atoms with E-state index in [1.54, 1.807) is 0 Å². The molecule has 0 saturated carbocycles. The molecule has 86 valence electrons. The third-order valence-corrected chi connectivity index (χ3v) is 2.42. The Labute approximate surface area is 87.1 Å². The molecule has 0 fully saturated rings. The predicted octanol–water partition coefficient (Wildman–Crippen LogP) is 1.57. The molecule has 0 rings (SSSR count). The summed E-state index contributed by atoms with van der Waals surface area (Å²) in [4.78, 5) is 0. The molecule has 0 aliphatic heterocycles. The van der Waals surface area contributed by atoms with Gasteiger partial charge in [-0.2, -0.15) is 0 Å². The van der Waals surface area contributed by atoms with Crippen molar-refractivity contribution in [3.05, 3.63) is 0 Å². The molecule has 0 amide bonds. The van der Waals surface area contributed by atoms with Crippen molar-refractivity contribution in [3.63, 3.8) is 0 Å². The summed E-state index contributed by atoms with van der Waals surface area (Å²) in [6.45, 7) is 5.08. The summed E-state index contributed by atoms with van der Waals surface area (Å²) in [5.41, 5.74) is 0. The van der Waals surface area contributed by atoms with E-state index in [-0.39, 0.29) is 13.2 Å². The molecular formula is C11H24O3. The minimum Gasteiger partial charge on any atom is -0.394 e. The third kappa shape index (κ3) is 7.30. The van der Waals surface area contributed by atoms with Crippen LogP contribution < -0.4 is 0 Å². The van der Waals surface area contributed by atoms with E-state index in [0.717, 1.165) is 6.42 Å². The molecule has 0 radical (unpaired) electrons. The second kappa shape index (κ2) is 9.44. The van der Waals surface area contributed by atoms with Crippen LogP contribution in [0.3, 0.4) is 0 Å². The lowest BCUT2D eigenvalue weighted by molar-refractivity contribution is -0.00599. The van der Waals surface area contributed by atoms with Crippen LogP contribution in [-0.2, 0) is 4.74 Å². The molecule has 0 saturated heterocycles. The molecule has 3 heteroatoms. The Morgan fingerprint density at radius 2 is 1.93 bits per heavy atom. The SMILES string of the molecule is CCCC[C@H](CC)COC[C@@H](O)CO. The van der Waals surface area contributed by atoms with E-state index in [2.05, 4.69) is 13.8 Å². The van der Waals surface area contributed by atoms with Gasteiger partial charge in [0.1, 0.15) is 6.10 Å². The van der Waals surface area contributed by atoms with Crippen LogP contribution in [0.5, 0.6) is 0 Å². The molecule has 0 aromatic heterocycles. The first-order valence-corrected chi connectivity index (χ1v) is 5.61. The summed E-state index contributed by atoms with van der Waals surface area (Å²) in [5, 5.41) is 17.6. The smallest absolute Gasteiger partial charge is 0.100 e. The zero-order valence-electron chi connectivity index (χ0n) is 9.41. The lowest BCUT2D eigenvalue weighted by Gasteiger charge is -2.15. The topological polar surface area (TPSA) is 49.7 Å². The molecule has 0 unspecified atom stereocenters. The van der Waals surface area contributed by atoms with Gasteiger partial charge in [-0.25, -0.2) is 0 Å². The number of hydrogen-bond acceptors (Lipinski definition) is 3. The maximum absolute atomic E-state index is 9.04. The Morgan fingerprint density at radius 3 is 2.43 bits per heavy atom. The van der Waals surface area contributed by atoms with E-state index in [1.165, 1.54) is 19.3 Å². The van der Waals surface area contributed by atoms with Crippen molar-refractivity contribution in [3.8, 4) is 0 Å². The number of aliphatic hydroxyl groups is 2. The molecule has 2 N–H and O–H groups in total. The van der Waals surface area contributed by atoms with Crippen molar-refractivity contribution >= 4 is 0 Å². The summed E-state index contributed by atoms with van der Waals surface area (Å²) in [6, 6.07) is 0. The first kappa shape index (κ1) is 13.9. The molecule has 14 heavy (non-hydrogen) atoms. The van der Waals surface area contributed by atoms with Crippen molar-refractivity contribution in [2.24, 2.45) is 5.92 Å². The number of unbranched alkanes of at least 4 members (excludes halogenated alkanes) is 1. The van der Waals surface area contributed by atoms with E-state index in [4.69, 9.17) is 14.9 Å². The van der Waals surface area contributed by atoms with Gasteiger partial charge in [-0.15, -0.1) is 0 Å². The van der Waals surface area contributed by atoms with E-state index in [1.807, 2.05) is 0 Å². The average Bonchev–Trinajstić information content (AvgIpc) is 2.22. The summed E-state index contributed by atoms with van der Waals surface area (Å²) in [7, 11) is 0. The van der Waals surface area contributed by atoms with E-state index < -0.39 is 6.10 Å². The van der Waals surface area contributed by atoms with Gasteiger partial charge in [-0.05, 0) is 12.3 Å². The summed E-state index contributed by atoms with van der Waals surface area (Å²) < 4.78 is 5.33. The highest BCUT2D eigenvalue weighted by Crippen LogP contribution is 2.12. The van der Waals surface area contributed by atoms with E-state index in [0.29, 0.717) is 12.5 Å². The highest BCUT2D eigenvalue weighted by molar-refractivity contribution is 4.57. The van der Waals surface area contributed by atoms with Crippen LogP contribution in [0.2, 0.25) is 0 Å². The first-order valence-electron chi connectivity index (χ1n) is 5.61. The van der Waals surface area contributed by atoms with Gasteiger partial charge < -0.3 is 14.9 Å². The van der Waals surface area contributed by atoms with Gasteiger partial charge >= 0.3 is 0 Å². The normalized spacial score (nSPS) is 15.4. The maximum Gasteiger partial charge on any atom is 0.100 e. The van der Waals surface area contributed by atoms with Crippen LogP contribution in [-0.4, -0.2) is 36.1 Å². The zero-order chi connectivity index (χ0) is 10.8. The number of hydrogen-bond donors (Lipinski definition) is 2. The standard InChI is InChI=1S/C11H24O3/c1-3-5-6-10(4-2)8-14-9-11(13)7-12/h10-13H,3-9H2,1-2H3/t10-,11-/m0/s1. The Morgan fingerprint density at radius 1 is 1.21 bits per heavy atom. The van der Waals surface area contributed by atoms with E-state index >= 15 is 0 Å². The number of ether oxygens (including phenoxy) is 1. The highest BCUT2D eigenvalue weighted by Gasteiger charge is 2.07. The number of rotatable bonds is 9. The van der Waals surface area contributed by atoms with Crippen LogP contribution in [0.4, 0.5) is 0 Å². The van der Waals surface area contributed by atoms with Gasteiger partial charge in [0.2, 0.25) is 0 Å². The minimum atomic E-state index is -0.723. The van der Waals surface area contributed by atoms with Crippen molar-refractivity contribution < 1.29 is 14.9 Å². The second-order valence-electron chi connectivity index (χ2n) is 3.79. The minimum absolute atomic E-state index is 0.217. The fraction of sp³-hybridized carbons (Fsp3) is 1.00. The van der Waals surface area contributed by atoms with Gasteiger partial charge in [0.15, 0.2) is 0 Å². The first-order chi connectivity index (χ1) is 6.74. The Hall–Kier alpha value is -0.120. The summed E-state index contributed by atoms with van der Waals surface area (Å²) >= 11 is 0. The Bertz CT molecular complexity index is 117. The van der Waals surface area contributed by atoms with Crippen molar-refractivity contribution in [2.75, 3.05) is 19.8 Å². The molecule has 0 aromatic rings. The molecule has 0 spiro atoms. The monoisotopic (exact) mass is 204 g/mol. The lowest BCUT2D eigenvalue weighted by Crippen LogP contribution is -2.21. The summed E-state index contributed by atoms with van der Waals surface area (Å²) in [5.74, 6) is 0.598. The van der Waals surface area contributed by atoms with Crippen LogP contribution in [0.25, 0.3) is 0 Å². The van der Waals surface area contributed by atoms with Gasteiger partial charge in [0, 0.05) is 6.61 Å². The largest absolute Gasteiger partial charge is 0.394 e. The quantitative estimate of drug-likeness (QED) is 0.599. The number of aliphatic hydroxyl groups excluding tert-OH is 2. The lowest BCUT2D eigenvalue weighted by atomic mass is 10.0. The van der Waals surface area contributed by atoms with Crippen LogP contribution in [0.1, 0.15) is 39.5 Å². The Balaban J connectivity index is 3.42. The fourth-order valence-corrected chi connectivity index (χ4v) is 1.32. The fourth-order valence-electron chi connectivity index (χ4n) is 1.32. The molecule has 0 aliphatic carbocycles. The molecule has 0 aliphatic rings. The molecule has 0 heterocycles. The van der Waals surface area contributed by atoms with Crippen molar-refractivity contribution in [1.29, 1.82) is 0 Å². The van der Waals surface area contributed by atoms with Crippen LogP contribution in [0, 0.1) is 5.92 Å². The van der Waals surface area contributed by atoms with Gasteiger partial charge in [0.05, 0.1) is 13.2 Å². The molecule has 3 nitrogen and oxygen atoms in total. The molecular weight excluding hydrogens is 180 g/mol. The zero-order valence-corrected chi connectivity index (χ0v) is 9.41. The maximum atomic E-state index is 9.04. The van der Waals surface area contributed by atoms with E-state index in [9.17, 15) is 0 Å². The van der Waals surface area contributed by atoms with Gasteiger partial charge in [0.25, 0.3) is 0 Å². The van der Waals surface area contributed by atoms with Crippen molar-refractivity contribution in [1.82, 2.24) is 0 Å².